The molecule has 0 bridgehead atoms. The molecule has 0 saturated carbocycles. The quantitative estimate of drug-likeness (QED) is 0.540. The summed E-state index contributed by atoms with van der Waals surface area (Å²) in [6, 6.07) is 15.4. The predicted molar refractivity (Wildman–Crippen MR) is 122 cm³/mol. The van der Waals surface area contributed by atoms with Gasteiger partial charge in [0.05, 0.1) is 5.56 Å². The Morgan fingerprint density at radius 2 is 1.47 bits per heavy atom. The fraction of sp³-hybridized carbons (Fsp3) is 0.167. The van der Waals surface area contributed by atoms with E-state index in [0.29, 0.717) is 22.1 Å². The van der Waals surface area contributed by atoms with Crippen LogP contribution >= 0.6 is 0 Å². The molecule has 5 rings (SSSR count). The SMILES string of the molecule is CN(C)c1ccc2c(c1)Oc1cc(N(C)C)ccc1C2=c1ccc2c(c1C(=O)O)N=NN=2. The Balaban J connectivity index is 1.92. The zero-order chi connectivity index (χ0) is 22.6. The number of hydrogen-bond acceptors (Lipinski definition) is 7. The monoisotopic (exact) mass is 427 g/mol. The molecule has 0 radical (unpaired) electrons. The summed E-state index contributed by atoms with van der Waals surface area (Å²) in [6.45, 7) is 0. The molecular weight excluding hydrogens is 406 g/mol. The van der Waals surface area contributed by atoms with Crippen LogP contribution < -0.4 is 25.1 Å². The molecule has 0 atom stereocenters. The molecule has 0 fully saturated rings. The van der Waals surface area contributed by atoms with Gasteiger partial charge in [0, 0.05) is 73.6 Å². The van der Waals surface area contributed by atoms with Crippen molar-refractivity contribution in [1.82, 2.24) is 0 Å². The molecule has 3 aromatic rings. The molecule has 0 spiro atoms. The number of nitrogens with zero attached hydrogens (tertiary/aromatic N) is 5. The molecule has 32 heavy (non-hydrogen) atoms. The molecule has 0 aromatic heterocycles. The molecule has 1 N–H and O–H groups in total. The van der Waals surface area contributed by atoms with Gasteiger partial charge in [-0.25, -0.2) is 4.79 Å². The lowest BCUT2D eigenvalue weighted by molar-refractivity contribution is 0.0696. The van der Waals surface area contributed by atoms with Gasteiger partial charge in [0.15, 0.2) is 0 Å². The summed E-state index contributed by atoms with van der Waals surface area (Å²) in [5.41, 5.74) is 4.72. The minimum Gasteiger partial charge on any atom is -0.478 e. The van der Waals surface area contributed by atoms with Crippen molar-refractivity contribution in [1.29, 1.82) is 0 Å². The molecule has 3 aromatic carbocycles. The molecule has 8 heteroatoms. The molecule has 2 heterocycles. The first kappa shape index (κ1) is 19.7. The average Bonchev–Trinajstić information content (AvgIpc) is 3.24. The van der Waals surface area contributed by atoms with E-state index in [2.05, 4.69) is 15.4 Å². The van der Waals surface area contributed by atoms with Crippen molar-refractivity contribution in [3.05, 3.63) is 75.8 Å². The highest BCUT2D eigenvalue weighted by Crippen LogP contribution is 2.45. The molecule has 2 aliphatic rings. The molecule has 0 unspecified atom stereocenters. The number of hydrogen-bond donors (Lipinski definition) is 1. The number of ether oxygens (including phenoxy) is 1. The van der Waals surface area contributed by atoms with Gasteiger partial charge >= 0.3 is 5.97 Å². The van der Waals surface area contributed by atoms with Gasteiger partial charge in [0.1, 0.15) is 22.5 Å². The Hall–Kier alpha value is -4.20. The van der Waals surface area contributed by atoms with Gasteiger partial charge in [0.25, 0.3) is 0 Å². The van der Waals surface area contributed by atoms with Crippen LogP contribution in [0.1, 0.15) is 21.5 Å². The number of carboxylic acid groups (broad SMARTS) is 1. The average molecular weight is 427 g/mol. The van der Waals surface area contributed by atoms with Gasteiger partial charge < -0.3 is 19.6 Å². The fourth-order valence-corrected chi connectivity index (χ4v) is 4.02. The lowest BCUT2D eigenvalue weighted by atomic mass is 9.89. The standard InChI is InChI=1S/C24H21N5O3/c1-28(2)13-5-7-15-19(11-13)32-20-12-14(29(3)4)6-8-16(20)21(15)17-9-10-18-23(26-27-25-18)22(17)24(30)31/h5-12H,1-4H3,(H,30,31). The summed E-state index contributed by atoms with van der Waals surface area (Å²) in [5, 5.41) is 22.7. The fourth-order valence-electron chi connectivity index (χ4n) is 4.02. The van der Waals surface area contributed by atoms with Gasteiger partial charge in [-0.15, -0.1) is 10.2 Å². The van der Waals surface area contributed by atoms with E-state index in [-0.39, 0.29) is 11.3 Å². The van der Waals surface area contributed by atoms with Gasteiger partial charge in [-0.05, 0) is 35.6 Å². The maximum Gasteiger partial charge on any atom is 0.338 e. The van der Waals surface area contributed by atoms with Crippen molar-refractivity contribution in [2.45, 2.75) is 0 Å². The highest BCUT2D eigenvalue weighted by atomic mass is 16.5. The molecule has 8 nitrogen and oxygen atoms in total. The Labute approximate surface area is 184 Å². The van der Waals surface area contributed by atoms with Gasteiger partial charge in [-0.2, -0.15) is 0 Å². The Morgan fingerprint density at radius 1 is 0.875 bits per heavy atom. The lowest BCUT2D eigenvalue weighted by Gasteiger charge is -2.26. The van der Waals surface area contributed by atoms with E-state index in [1.807, 2.05) is 74.4 Å². The predicted octanol–water partition coefficient (Wildman–Crippen LogP) is 3.50. The minimum absolute atomic E-state index is 0.0784. The molecule has 160 valence electrons. The molecule has 2 aliphatic heterocycles. The summed E-state index contributed by atoms with van der Waals surface area (Å²) in [5.74, 6) is 0.250. The van der Waals surface area contributed by atoms with Crippen molar-refractivity contribution in [3.63, 3.8) is 0 Å². The lowest BCUT2D eigenvalue weighted by Crippen LogP contribution is -2.24. The molecular formula is C24H21N5O3. The second-order valence-corrected chi connectivity index (χ2v) is 8.08. The van der Waals surface area contributed by atoms with Crippen molar-refractivity contribution >= 4 is 28.6 Å². The maximum atomic E-state index is 12.3. The summed E-state index contributed by atoms with van der Waals surface area (Å²) in [7, 11) is 7.85. The third kappa shape index (κ3) is 2.99. The number of fused-ring (bicyclic) bond motifs is 3. The van der Waals surface area contributed by atoms with Crippen LogP contribution in [0.3, 0.4) is 0 Å². The summed E-state index contributed by atoms with van der Waals surface area (Å²) in [6.07, 6.45) is 0. The summed E-state index contributed by atoms with van der Waals surface area (Å²) in [4.78, 5) is 16.3. The highest BCUT2D eigenvalue weighted by molar-refractivity contribution is 5.98. The normalized spacial score (nSPS) is 12.9. The van der Waals surface area contributed by atoms with Crippen molar-refractivity contribution in [2.75, 3.05) is 38.0 Å². The van der Waals surface area contributed by atoms with Gasteiger partial charge in [0.2, 0.25) is 0 Å². The minimum atomic E-state index is -1.08. The largest absolute Gasteiger partial charge is 0.478 e. The van der Waals surface area contributed by atoms with Crippen molar-refractivity contribution in [2.24, 2.45) is 15.4 Å². The van der Waals surface area contributed by atoms with E-state index >= 15 is 0 Å². The highest BCUT2D eigenvalue weighted by Gasteiger charge is 2.27. The number of aromatic carboxylic acids is 1. The topological polar surface area (TPSA) is 90.1 Å². The van der Waals surface area contributed by atoms with Crippen LogP contribution in [0, 0.1) is 0 Å². The number of carbonyl (C=O) groups is 1. The zero-order valence-corrected chi connectivity index (χ0v) is 18.1. The van der Waals surface area contributed by atoms with E-state index in [0.717, 1.165) is 28.1 Å². The first-order valence-electron chi connectivity index (χ1n) is 10.1. The Kier molecular flexibility index (Phi) is 4.44. The van der Waals surface area contributed by atoms with Crippen LogP contribution in [0.25, 0.3) is 5.57 Å². The van der Waals surface area contributed by atoms with Gasteiger partial charge in [-0.3, -0.25) is 0 Å². The zero-order valence-electron chi connectivity index (χ0n) is 18.1. The Bertz CT molecular complexity index is 1380. The van der Waals surface area contributed by atoms with Crippen LogP contribution in [0.5, 0.6) is 11.5 Å². The van der Waals surface area contributed by atoms with Crippen LogP contribution in [-0.2, 0) is 0 Å². The van der Waals surface area contributed by atoms with E-state index in [9.17, 15) is 9.90 Å². The smallest absolute Gasteiger partial charge is 0.338 e. The van der Waals surface area contributed by atoms with E-state index in [4.69, 9.17) is 4.74 Å². The Morgan fingerprint density at radius 3 is 2.00 bits per heavy atom. The number of rotatable bonds is 3. The first-order chi connectivity index (χ1) is 15.3. The van der Waals surface area contributed by atoms with E-state index in [1.54, 1.807) is 12.1 Å². The van der Waals surface area contributed by atoms with Crippen molar-refractivity contribution in [3.8, 4) is 11.5 Å². The third-order valence-corrected chi connectivity index (χ3v) is 5.66. The third-order valence-electron chi connectivity index (χ3n) is 5.66. The van der Waals surface area contributed by atoms with Crippen LogP contribution in [0.2, 0.25) is 0 Å². The van der Waals surface area contributed by atoms with Crippen LogP contribution in [-0.4, -0.2) is 39.3 Å². The summed E-state index contributed by atoms with van der Waals surface area (Å²) >= 11 is 0. The van der Waals surface area contributed by atoms with E-state index < -0.39 is 5.97 Å². The van der Waals surface area contributed by atoms with Crippen LogP contribution in [0.4, 0.5) is 17.1 Å². The number of anilines is 2. The second-order valence-electron chi connectivity index (χ2n) is 8.08. The molecule has 0 saturated heterocycles. The van der Waals surface area contributed by atoms with Crippen molar-refractivity contribution < 1.29 is 14.6 Å². The first-order valence-corrected chi connectivity index (χ1v) is 10.1. The molecule has 0 aliphatic carbocycles. The second kappa shape index (κ2) is 7.19. The van der Waals surface area contributed by atoms with Crippen LogP contribution in [0.15, 0.2) is 64.0 Å². The number of carboxylic acids is 1. The summed E-state index contributed by atoms with van der Waals surface area (Å²) < 4.78 is 6.32. The maximum absolute atomic E-state index is 12.3. The van der Waals surface area contributed by atoms with E-state index in [1.165, 1.54) is 0 Å². The van der Waals surface area contributed by atoms with Gasteiger partial charge in [-0.1, -0.05) is 6.07 Å². The molecule has 0 amide bonds. The number of benzene rings is 3.